The van der Waals surface area contributed by atoms with Gasteiger partial charge in [0.15, 0.2) is 0 Å². The zero-order valence-corrected chi connectivity index (χ0v) is 11.2. The molecule has 2 rings (SSSR count). The summed E-state index contributed by atoms with van der Waals surface area (Å²) in [5.74, 6) is -1.18. The van der Waals surface area contributed by atoms with E-state index in [1.807, 2.05) is 0 Å². The van der Waals surface area contributed by atoms with E-state index in [1.54, 1.807) is 6.07 Å². The normalized spacial score (nSPS) is 9.86. The molecule has 0 atom stereocenters. The number of carboxylic acid groups (broad SMARTS) is 1. The van der Waals surface area contributed by atoms with Crippen LogP contribution in [0.5, 0.6) is 0 Å². The van der Waals surface area contributed by atoms with E-state index in [9.17, 15) is 14.9 Å². The predicted octanol–water partition coefficient (Wildman–Crippen LogP) is 2.71. The van der Waals surface area contributed by atoms with Crippen molar-refractivity contribution in [2.75, 3.05) is 0 Å². The van der Waals surface area contributed by atoms with Crippen LogP contribution in [0.25, 0.3) is 0 Å². The molecule has 7 nitrogen and oxygen atoms in total. The van der Waals surface area contributed by atoms with Crippen LogP contribution in [0.1, 0.15) is 15.9 Å². The Labute approximate surface area is 123 Å². The quantitative estimate of drug-likeness (QED) is 0.681. The Morgan fingerprint density at radius 2 is 2.14 bits per heavy atom. The van der Waals surface area contributed by atoms with Crippen molar-refractivity contribution in [2.45, 2.75) is 9.92 Å². The summed E-state index contributed by atoms with van der Waals surface area (Å²) in [6.45, 7) is 0. The first-order valence-corrected chi connectivity index (χ1v) is 6.40. The van der Waals surface area contributed by atoms with Crippen molar-refractivity contribution >= 4 is 23.4 Å². The number of nitriles is 1. The Bertz CT molecular complexity index is 770. The molecular formula is C13H7N3O4S. The summed E-state index contributed by atoms with van der Waals surface area (Å²) in [6.07, 6.45) is 1.40. The number of carboxylic acids is 1. The Morgan fingerprint density at radius 3 is 2.76 bits per heavy atom. The maximum Gasteiger partial charge on any atom is 0.338 e. The zero-order valence-electron chi connectivity index (χ0n) is 10.4. The molecule has 0 amide bonds. The van der Waals surface area contributed by atoms with Crippen LogP contribution in [0.15, 0.2) is 46.5 Å². The lowest BCUT2D eigenvalue weighted by molar-refractivity contribution is -0.388. The molecule has 0 saturated heterocycles. The van der Waals surface area contributed by atoms with Crippen LogP contribution < -0.4 is 0 Å². The molecule has 0 aliphatic rings. The summed E-state index contributed by atoms with van der Waals surface area (Å²) in [5, 5.41) is 29.3. The molecule has 1 aromatic carbocycles. The first kappa shape index (κ1) is 14.5. The average molecular weight is 301 g/mol. The number of hydrogen-bond donors (Lipinski definition) is 1. The number of nitro benzene ring substituents is 1. The average Bonchev–Trinajstić information content (AvgIpc) is 2.47. The smallest absolute Gasteiger partial charge is 0.338 e. The zero-order chi connectivity index (χ0) is 15.4. The first-order chi connectivity index (χ1) is 10.0. The largest absolute Gasteiger partial charge is 0.478 e. The lowest BCUT2D eigenvalue weighted by Gasteiger charge is -2.05. The second-order valence-corrected chi connectivity index (χ2v) is 4.82. The maximum atomic E-state index is 11.1. The minimum absolute atomic E-state index is 0.0563. The molecule has 0 fully saturated rings. The molecule has 0 aliphatic carbocycles. The van der Waals surface area contributed by atoms with Crippen molar-refractivity contribution in [1.82, 2.24) is 4.98 Å². The van der Waals surface area contributed by atoms with Gasteiger partial charge in [0.25, 0.3) is 0 Å². The first-order valence-electron chi connectivity index (χ1n) is 5.58. The number of nitrogens with zero attached hydrogens (tertiary/aromatic N) is 3. The molecule has 1 aromatic heterocycles. The van der Waals surface area contributed by atoms with Crippen molar-refractivity contribution in [3.63, 3.8) is 0 Å². The predicted molar refractivity (Wildman–Crippen MR) is 73.1 cm³/mol. The van der Waals surface area contributed by atoms with E-state index in [0.29, 0.717) is 0 Å². The second kappa shape index (κ2) is 6.02. The van der Waals surface area contributed by atoms with Gasteiger partial charge in [0.1, 0.15) is 16.7 Å². The van der Waals surface area contributed by atoms with Crippen LogP contribution in [-0.2, 0) is 0 Å². The van der Waals surface area contributed by atoms with E-state index in [-0.39, 0.29) is 26.7 Å². The Morgan fingerprint density at radius 1 is 1.38 bits per heavy atom. The number of aromatic nitrogens is 1. The van der Waals surface area contributed by atoms with E-state index in [2.05, 4.69) is 4.98 Å². The van der Waals surface area contributed by atoms with Gasteiger partial charge in [0, 0.05) is 6.20 Å². The molecule has 2 aromatic rings. The fourth-order valence-corrected chi connectivity index (χ4v) is 2.64. The van der Waals surface area contributed by atoms with Crippen molar-refractivity contribution in [2.24, 2.45) is 0 Å². The number of pyridine rings is 1. The molecule has 0 unspecified atom stereocenters. The third kappa shape index (κ3) is 2.98. The van der Waals surface area contributed by atoms with Gasteiger partial charge < -0.3 is 5.11 Å². The molecule has 0 spiro atoms. The second-order valence-electron chi connectivity index (χ2n) is 3.78. The lowest BCUT2D eigenvalue weighted by atomic mass is 10.2. The van der Waals surface area contributed by atoms with Gasteiger partial charge in [-0.05, 0) is 24.3 Å². The van der Waals surface area contributed by atoms with Crippen LogP contribution >= 0.6 is 11.8 Å². The van der Waals surface area contributed by atoms with Crippen molar-refractivity contribution in [3.8, 4) is 6.07 Å². The van der Waals surface area contributed by atoms with Crippen molar-refractivity contribution in [3.05, 3.63) is 57.8 Å². The molecule has 0 aliphatic heterocycles. The number of nitro groups is 1. The standard InChI is InChI=1S/C13H7N3O4S/c14-7-8-3-1-5-10(11(8)16(19)20)21-12-9(13(17)18)4-2-6-15-12/h1-6H,(H,17,18). The Kier molecular flexibility index (Phi) is 4.15. The van der Waals surface area contributed by atoms with Gasteiger partial charge in [-0.3, -0.25) is 10.1 Å². The third-order valence-corrected chi connectivity index (χ3v) is 3.58. The third-order valence-electron chi connectivity index (χ3n) is 2.51. The number of aromatic carboxylic acids is 1. The summed E-state index contributed by atoms with van der Waals surface area (Å²) in [6, 6.07) is 8.85. The van der Waals surface area contributed by atoms with Crippen LogP contribution in [0, 0.1) is 21.4 Å². The molecule has 104 valence electrons. The monoisotopic (exact) mass is 301 g/mol. The van der Waals surface area contributed by atoms with Gasteiger partial charge >= 0.3 is 11.7 Å². The highest BCUT2D eigenvalue weighted by molar-refractivity contribution is 7.99. The topological polar surface area (TPSA) is 117 Å². The van der Waals surface area contributed by atoms with E-state index in [1.165, 1.54) is 36.5 Å². The maximum absolute atomic E-state index is 11.1. The Balaban J connectivity index is 2.53. The molecule has 0 saturated carbocycles. The molecule has 8 heteroatoms. The molecule has 0 bridgehead atoms. The fourth-order valence-electron chi connectivity index (χ4n) is 1.62. The SMILES string of the molecule is N#Cc1cccc(Sc2ncccc2C(=O)O)c1[N+](=O)[O-]. The van der Waals surface area contributed by atoms with Crippen molar-refractivity contribution < 1.29 is 14.8 Å². The molecule has 21 heavy (non-hydrogen) atoms. The van der Waals surface area contributed by atoms with Gasteiger partial charge in [-0.1, -0.05) is 17.8 Å². The summed E-state index contributed by atoms with van der Waals surface area (Å²) < 4.78 is 0. The minimum Gasteiger partial charge on any atom is -0.478 e. The number of para-hydroxylation sites is 1. The van der Waals surface area contributed by atoms with Gasteiger partial charge in [-0.25, -0.2) is 9.78 Å². The summed E-state index contributed by atoms with van der Waals surface area (Å²) >= 11 is 0.842. The van der Waals surface area contributed by atoms with Crippen LogP contribution in [0.4, 0.5) is 5.69 Å². The minimum atomic E-state index is -1.18. The number of hydrogen-bond acceptors (Lipinski definition) is 6. The van der Waals surface area contributed by atoms with E-state index >= 15 is 0 Å². The molecule has 0 radical (unpaired) electrons. The van der Waals surface area contributed by atoms with E-state index in [4.69, 9.17) is 10.4 Å². The molecule has 1 N–H and O–H groups in total. The van der Waals surface area contributed by atoms with Gasteiger partial charge in [0.2, 0.25) is 0 Å². The summed E-state index contributed by atoms with van der Waals surface area (Å²) in [7, 11) is 0. The fraction of sp³-hybridized carbons (Fsp3) is 0. The molecule has 1 heterocycles. The lowest BCUT2D eigenvalue weighted by Crippen LogP contribution is -2.01. The van der Waals surface area contributed by atoms with Gasteiger partial charge in [-0.2, -0.15) is 5.26 Å². The van der Waals surface area contributed by atoms with Crippen LogP contribution in [0.3, 0.4) is 0 Å². The van der Waals surface area contributed by atoms with Crippen molar-refractivity contribution in [1.29, 1.82) is 5.26 Å². The van der Waals surface area contributed by atoms with Gasteiger partial charge in [-0.15, -0.1) is 0 Å². The van der Waals surface area contributed by atoms with E-state index in [0.717, 1.165) is 11.8 Å². The van der Waals surface area contributed by atoms with E-state index < -0.39 is 10.9 Å². The Hall–Kier alpha value is -2.92. The summed E-state index contributed by atoms with van der Waals surface area (Å²) in [4.78, 5) is 25.7. The number of benzene rings is 1. The number of rotatable bonds is 4. The highest BCUT2D eigenvalue weighted by Gasteiger charge is 2.22. The van der Waals surface area contributed by atoms with Crippen LogP contribution in [-0.4, -0.2) is 21.0 Å². The van der Waals surface area contributed by atoms with Gasteiger partial charge in [0.05, 0.1) is 15.4 Å². The molecular weight excluding hydrogens is 294 g/mol. The van der Waals surface area contributed by atoms with Crippen LogP contribution in [0.2, 0.25) is 0 Å². The highest BCUT2D eigenvalue weighted by Crippen LogP contribution is 2.37. The highest BCUT2D eigenvalue weighted by atomic mass is 32.2. The number of carbonyl (C=O) groups is 1. The summed E-state index contributed by atoms with van der Waals surface area (Å²) in [5.41, 5.74) is -0.496.